The predicted molar refractivity (Wildman–Crippen MR) is 115 cm³/mol. The van der Waals surface area contributed by atoms with Crippen LogP contribution < -0.4 is 15.7 Å². The van der Waals surface area contributed by atoms with Gasteiger partial charge in [-0.1, -0.05) is 36.4 Å². The van der Waals surface area contributed by atoms with E-state index in [-0.39, 0.29) is 16.9 Å². The summed E-state index contributed by atoms with van der Waals surface area (Å²) in [4.78, 5) is 24.9. The maximum atomic E-state index is 12.7. The first-order valence-electron chi connectivity index (χ1n) is 9.45. The first-order valence-corrected chi connectivity index (χ1v) is 9.45. The van der Waals surface area contributed by atoms with Crippen LogP contribution in [0, 0.1) is 0 Å². The molecule has 0 aliphatic carbocycles. The molecule has 2 N–H and O–H groups in total. The topological polar surface area (TPSA) is 88.8 Å². The summed E-state index contributed by atoms with van der Waals surface area (Å²) in [5.74, 6) is 0.0530. The van der Waals surface area contributed by atoms with Gasteiger partial charge in [0.25, 0.3) is 5.91 Å². The molecule has 3 aromatic carbocycles. The van der Waals surface area contributed by atoms with Crippen molar-refractivity contribution in [2.75, 3.05) is 11.9 Å². The predicted octanol–water partition coefficient (Wildman–Crippen LogP) is 4.82. The average Bonchev–Trinajstić information content (AvgIpc) is 2.75. The quantitative estimate of drug-likeness (QED) is 0.468. The molecule has 150 valence electrons. The van der Waals surface area contributed by atoms with E-state index in [0.717, 1.165) is 16.9 Å². The minimum Gasteiger partial charge on any atom is -0.504 e. The Morgan fingerprint density at radius 1 is 1.00 bits per heavy atom. The van der Waals surface area contributed by atoms with E-state index in [0.29, 0.717) is 17.7 Å². The summed E-state index contributed by atoms with van der Waals surface area (Å²) in [6.07, 6.45) is 0. The van der Waals surface area contributed by atoms with Crippen molar-refractivity contribution in [1.29, 1.82) is 0 Å². The maximum Gasteiger partial charge on any atom is 0.349 e. The highest BCUT2D eigenvalue weighted by Crippen LogP contribution is 2.26. The Morgan fingerprint density at radius 3 is 2.53 bits per heavy atom. The first-order chi connectivity index (χ1) is 14.5. The van der Waals surface area contributed by atoms with Crippen LogP contribution in [0.3, 0.4) is 0 Å². The van der Waals surface area contributed by atoms with Crippen molar-refractivity contribution in [2.45, 2.75) is 6.92 Å². The molecule has 0 atom stereocenters. The Labute approximate surface area is 172 Å². The van der Waals surface area contributed by atoms with E-state index >= 15 is 0 Å². The van der Waals surface area contributed by atoms with Gasteiger partial charge in [-0.3, -0.25) is 4.79 Å². The van der Waals surface area contributed by atoms with Crippen molar-refractivity contribution in [1.82, 2.24) is 0 Å². The van der Waals surface area contributed by atoms with Crippen molar-refractivity contribution in [3.63, 3.8) is 0 Å². The summed E-state index contributed by atoms with van der Waals surface area (Å²) < 4.78 is 10.6. The van der Waals surface area contributed by atoms with E-state index in [1.165, 1.54) is 12.1 Å². The number of benzene rings is 3. The zero-order valence-corrected chi connectivity index (χ0v) is 16.2. The van der Waals surface area contributed by atoms with Gasteiger partial charge in [-0.2, -0.15) is 0 Å². The second kappa shape index (κ2) is 8.13. The van der Waals surface area contributed by atoms with Gasteiger partial charge < -0.3 is 19.6 Å². The Morgan fingerprint density at radius 2 is 1.77 bits per heavy atom. The summed E-state index contributed by atoms with van der Waals surface area (Å²) in [7, 11) is 0. The summed E-state index contributed by atoms with van der Waals surface area (Å²) in [5.41, 5.74) is 1.52. The molecule has 0 aliphatic rings. The number of rotatable bonds is 5. The van der Waals surface area contributed by atoms with Crippen molar-refractivity contribution in [3.05, 3.63) is 88.8 Å². The van der Waals surface area contributed by atoms with E-state index in [4.69, 9.17) is 9.15 Å². The van der Waals surface area contributed by atoms with Crippen LogP contribution >= 0.6 is 0 Å². The van der Waals surface area contributed by atoms with Crippen LogP contribution in [0.15, 0.2) is 82.0 Å². The SMILES string of the molecule is CCOc1ccc(-c2cccc(NC(=O)c3cc4cccc(O)c4oc3=O)c2)cc1. The van der Waals surface area contributed by atoms with E-state index in [9.17, 15) is 14.7 Å². The van der Waals surface area contributed by atoms with Crippen molar-refractivity contribution in [2.24, 2.45) is 0 Å². The Hall–Kier alpha value is -4.06. The van der Waals surface area contributed by atoms with Crippen LogP contribution in [0.4, 0.5) is 5.69 Å². The second-order valence-corrected chi connectivity index (χ2v) is 6.64. The van der Waals surface area contributed by atoms with Crippen molar-refractivity contribution < 1.29 is 19.1 Å². The summed E-state index contributed by atoms with van der Waals surface area (Å²) in [6, 6.07) is 21.1. The first kappa shape index (κ1) is 19.3. The van der Waals surface area contributed by atoms with Crippen LogP contribution in [-0.4, -0.2) is 17.6 Å². The lowest BCUT2D eigenvalue weighted by atomic mass is 10.0. The fraction of sp³-hybridized carbons (Fsp3) is 0.0833. The number of anilines is 1. The number of carbonyl (C=O) groups is 1. The third-order valence-corrected chi connectivity index (χ3v) is 4.60. The molecule has 0 saturated heterocycles. The lowest BCUT2D eigenvalue weighted by Crippen LogP contribution is -2.20. The molecule has 4 rings (SSSR count). The Kier molecular flexibility index (Phi) is 5.22. The summed E-state index contributed by atoms with van der Waals surface area (Å²) >= 11 is 0. The number of fused-ring (bicyclic) bond motifs is 1. The van der Waals surface area contributed by atoms with Gasteiger partial charge in [0, 0.05) is 11.1 Å². The molecule has 1 aromatic heterocycles. The number of amides is 1. The normalized spacial score (nSPS) is 10.7. The molecule has 6 heteroatoms. The molecule has 6 nitrogen and oxygen atoms in total. The van der Waals surface area contributed by atoms with E-state index in [1.54, 1.807) is 18.2 Å². The number of nitrogens with one attached hydrogen (secondary N) is 1. The Balaban J connectivity index is 1.60. The average molecular weight is 401 g/mol. The van der Waals surface area contributed by atoms with Crippen LogP contribution in [0.5, 0.6) is 11.5 Å². The van der Waals surface area contributed by atoms with Gasteiger partial charge in [-0.15, -0.1) is 0 Å². The molecule has 0 unspecified atom stereocenters. The standard InChI is InChI=1S/C24H19NO5/c1-2-29-19-11-9-15(10-12-19)16-5-3-7-18(13-16)25-23(27)20-14-17-6-4-8-21(26)22(17)30-24(20)28/h3-14,26H,2H2,1H3,(H,25,27). The van der Waals surface area contributed by atoms with Gasteiger partial charge in [-0.05, 0) is 54.4 Å². The molecule has 30 heavy (non-hydrogen) atoms. The number of carbonyl (C=O) groups excluding carboxylic acids is 1. The lowest BCUT2D eigenvalue weighted by molar-refractivity contribution is 0.102. The molecule has 0 spiro atoms. The highest BCUT2D eigenvalue weighted by Gasteiger charge is 2.15. The summed E-state index contributed by atoms with van der Waals surface area (Å²) in [5, 5.41) is 13.0. The smallest absolute Gasteiger partial charge is 0.349 e. The fourth-order valence-electron chi connectivity index (χ4n) is 3.17. The molecule has 1 heterocycles. The van der Waals surface area contributed by atoms with Gasteiger partial charge in [0.15, 0.2) is 11.3 Å². The number of aromatic hydroxyl groups is 1. The van der Waals surface area contributed by atoms with E-state index in [1.807, 2.05) is 49.4 Å². The molecule has 0 bridgehead atoms. The monoisotopic (exact) mass is 401 g/mol. The minimum atomic E-state index is -0.816. The zero-order chi connectivity index (χ0) is 21.1. The van der Waals surface area contributed by atoms with Crippen molar-refractivity contribution in [3.8, 4) is 22.6 Å². The van der Waals surface area contributed by atoms with Gasteiger partial charge in [0.05, 0.1) is 6.61 Å². The maximum absolute atomic E-state index is 12.7. The molecule has 4 aromatic rings. The highest BCUT2D eigenvalue weighted by molar-refractivity contribution is 6.05. The third kappa shape index (κ3) is 3.89. The largest absolute Gasteiger partial charge is 0.504 e. The van der Waals surface area contributed by atoms with Crippen LogP contribution in [0.25, 0.3) is 22.1 Å². The van der Waals surface area contributed by atoms with Gasteiger partial charge in [-0.25, -0.2) is 4.79 Å². The molecule has 0 saturated carbocycles. The van der Waals surface area contributed by atoms with Crippen LogP contribution in [0.1, 0.15) is 17.3 Å². The number of phenolic OH excluding ortho intramolecular Hbond substituents is 1. The number of phenols is 1. The minimum absolute atomic E-state index is 0.0524. The Bertz CT molecular complexity index is 1280. The van der Waals surface area contributed by atoms with Gasteiger partial charge in [0.2, 0.25) is 0 Å². The molecule has 0 fully saturated rings. The fourth-order valence-corrected chi connectivity index (χ4v) is 3.17. The highest BCUT2D eigenvalue weighted by atomic mass is 16.5. The van der Waals surface area contributed by atoms with Crippen molar-refractivity contribution >= 4 is 22.6 Å². The number of hydrogen-bond donors (Lipinski definition) is 2. The molecule has 0 radical (unpaired) electrons. The molecule has 1 amide bonds. The van der Waals surface area contributed by atoms with Crippen LogP contribution in [-0.2, 0) is 0 Å². The van der Waals surface area contributed by atoms with Gasteiger partial charge in [0.1, 0.15) is 11.3 Å². The van der Waals surface area contributed by atoms with E-state index in [2.05, 4.69) is 5.32 Å². The number of ether oxygens (including phenoxy) is 1. The summed E-state index contributed by atoms with van der Waals surface area (Å²) in [6.45, 7) is 2.53. The zero-order valence-electron chi connectivity index (χ0n) is 16.2. The third-order valence-electron chi connectivity index (χ3n) is 4.60. The van der Waals surface area contributed by atoms with E-state index < -0.39 is 11.5 Å². The van der Waals surface area contributed by atoms with Gasteiger partial charge >= 0.3 is 5.63 Å². The number of para-hydroxylation sites is 1. The second-order valence-electron chi connectivity index (χ2n) is 6.64. The molecular formula is C24H19NO5. The molecule has 0 aliphatic heterocycles. The van der Waals surface area contributed by atoms with Crippen LogP contribution in [0.2, 0.25) is 0 Å². The molecular weight excluding hydrogens is 382 g/mol. The lowest BCUT2D eigenvalue weighted by Gasteiger charge is -2.09. The number of hydrogen-bond acceptors (Lipinski definition) is 5.